The molecule has 0 aliphatic heterocycles. The Morgan fingerprint density at radius 3 is 2.72 bits per heavy atom. The average Bonchev–Trinajstić information content (AvgIpc) is 2.95. The fourth-order valence-electron chi connectivity index (χ4n) is 2.55. The summed E-state index contributed by atoms with van der Waals surface area (Å²) in [7, 11) is 0. The highest BCUT2D eigenvalue weighted by molar-refractivity contribution is 5.88. The molecule has 0 saturated carbocycles. The predicted octanol–water partition coefficient (Wildman–Crippen LogP) is 4.57. The van der Waals surface area contributed by atoms with Crippen molar-refractivity contribution < 1.29 is 13.2 Å². The summed E-state index contributed by atoms with van der Waals surface area (Å²) in [6.07, 6.45) is -0.861. The van der Waals surface area contributed by atoms with Gasteiger partial charge in [-0.25, -0.2) is 4.98 Å². The summed E-state index contributed by atoms with van der Waals surface area (Å²) in [5.74, 6) is 1.21. The Balaban J connectivity index is 1.86. The van der Waals surface area contributed by atoms with E-state index in [1.54, 1.807) is 23.0 Å². The number of fused-ring (bicyclic) bond motifs is 1. The molecular weight excluding hydrogens is 329 g/mol. The van der Waals surface area contributed by atoms with Crippen LogP contribution in [0.2, 0.25) is 0 Å². The van der Waals surface area contributed by atoms with Crippen molar-refractivity contribution in [1.82, 2.24) is 14.8 Å². The first-order valence-electron chi connectivity index (χ1n) is 8.05. The van der Waals surface area contributed by atoms with E-state index < -0.39 is 11.7 Å². The fraction of sp³-hybridized carbons (Fsp3) is 0.333. The monoisotopic (exact) mass is 348 g/mol. The molecule has 0 aliphatic rings. The van der Waals surface area contributed by atoms with E-state index in [0.29, 0.717) is 11.5 Å². The van der Waals surface area contributed by atoms with Gasteiger partial charge in [-0.05, 0) is 29.7 Å². The van der Waals surface area contributed by atoms with Crippen LogP contribution in [0.5, 0.6) is 0 Å². The summed E-state index contributed by atoms with van der Waals surface area (Å²) in [5, 5.41) is 8.58. The van der Waals surface area contributed by atoms with Crippen LogP contribution in [0.25, 0.3) is 10.9 Å². The maximum Gasteiger partial charge on any atom is 0.416 e. The van der Waals surface area contributed by atoms with Gasteiger partial charge in [0.25, 0.3) is 0 Å². The van der Waals surface area contributed by atoms with Crippen molar-refractivity contribution in [3.05, 3.63) is 53.9 Å². The first-order valence-corrected chi connectivity index (χ1v) is 8.05. The molecule has 1 N–H and O–H groups in total. The van der Waals surface area contributed by atoms with Crippen molar-refractivity contribution in [3.8, 4) is 0 Å². The number of aromatic nitrogens is 3. The van der Waals surface area contributed by atoms with E-state index >= 15 is 0 Å². The lowest BCUT2D eigenvalue weighted by Gasteiger charge is -2.09. The topological polar surface area (TPSA) is 42.7 Å². The van der Waals surface area contributed by atoms with Gasteiger partial charge in [-0.1, -0.05) is 26.0 Å². The van der Waals surface area contributed by atoms with Gasteiger partial charge in [-0.2, -0.15) is 18.3 Å². The first kappa shape index (κ1) is 17.3. The second kappa shape index (κ2) is 6.74. The molecule has 4 nitrogen and oxygen atoms in total. The zero-order valence-corrected chi connectivity index (χ0v) is 14.0. The highest BCUT2D eigenvalue weighted by atomic mass is 19.4. The molecule has 0 aliphatic carbocycles. The molecule has 0 fully saturated rings. The van der Waals surface area contributed by atoms with Gasteiger partial charge in [-0.3, -0.25) is 4.68 Å². The summed E-state index contributed by atoms with van der Waals surface area (Å²) in [6.45, 7) is 5.25. The minimum absolute atomic E-state index is 0.266. The number of alkyl halides is 3. The Morgan fingerprint density at radius 2 is 2.00 bits per heavy atom. The molecule has 0 amide bonds. The van der Waals surface area contributed by atoms with E-state index in [0.717, 1.165) is 35.4 Å². The van der Waals surface area contributed by atoms with E-state index in [-0.39, 0.29) is 6.54 Å². The number of anilines is 1. The maximum absolute atomic E-state index is 12.8. The maximum atomic E-state index is 12.8. The van der Waals surface area contributed by atoms with Crippen LogP contribution in [0, 0.1) is 5.92 Å². The van der Waals surface area contributed by atoms with Crippen LogP contribution in [0.15, 0.2) is 42.7 Å². The lowest BCUT2D eigenvalue weighted by atomic mass is 10.1. The van der Waals surface area contributed by atoms with Crippen molar-refractivity contribution in [1.29, 1.82) is 0 Å². The fourth-order valence-corrected chi connectivity index (χ4v) is 2.55. The summed E-state index contributed by atoms with van der Waals surface area (Å²) < 4.78 is 40.2. The van der Waals surface area contributed by atoms with Gasteiger partial charge in [0, 0.05) is 18.9 Å². The van der Waals surface area contributed by atoms with E-state index in [1.807, 2.05) is 6.20 Å². The zero-order valence-electron chi connectivity index (χ0n) is 14.0. The molecular formula is C18H19F3N4. The average molecular weight is 348 g/mol. The summed E-state index contributed by atoms with van der Waals surface area (Å²) in [5.41, 5.74) is 0.656. The quantitative estimate of drug-likeness (QED) is 0.735. The summed E-state index contributed by atoms with van der Waals surface area (Å²) in [4.78, 5) is 4.33. The molecule has 3 aromatic rings. The number of nitrogens with zero attached hydrogens (tertiary/aromatic N) is 3. The molecule has 0 bridgehead atoms. The lowest BCUT2D eigenvalue weighted by Crippen LogP contribution is -2.09. The third-order valence-electron chi connectivity index (χ3n) is 3.76. The molecule has 1 aromatic carbocycles. The summed E-state index contributed by atoms with van der Waals surface area (Å²) >= 11 is 0. The van der Waals surface area contributed by atoms with Gasteiger partial charge < -0.3 is 5.32 Å². The van der Waals surface area contributed by atoms with E-state index in [2.05, 4.69) is 29.2 Å². The molecule has 2 aromatic heterocycles. The van der Waals surface area contributed by atoms with Crippen molar-refractivity contribution >= 4 is 16.7 Å². The highest BCUT2D eigenvalue weighted by Crippen LogP contribution is 2.29. The van der Waals surface area contributed by atoms with Crippen molar-refractivity contribution in [2.45, 2.75) is 26.6 Å². The Hall–Kier alpha value is -2.57. The molecule has 0 radical (unpaired) electrons. The third-order valence-corrected chi connectivity index (χ3v) is 3.76. The number of hydrogen-bond donors (Lipinski definition) is 1. The smallest absolute Gasteiger partial charge is 0.369 e. The Labute approximate surface area is 143 Å². The van der Waals surface area contributed by atoms with Crippen molar-refractivity contribution in [3.63, 3.8) is 0 Å². The molecule has 132 valence electrons. The molecule has 0 unspecified atom stereocenters. The Morgan fingerprint density at radius 1 is 1.20 bits per heavy atom. The minimum atomic E-state index is -4.34. The van der Waals surface area contributed by atoms with E-state index in [9.17, 15) is 13.2 Å². The number of rotatable bonds is 5. The Bertz CT molecular complexity index is 868. The van der Waals surface area contributed by atoms with Crippen LogP contribution in [-0.2, 0) is 12.7 Å². The van der Waals surface area contributed by atoms with Gasteiger partial charge in [-0.15, -0.1) is 0 Å². The van der Waals surface area contributed by atoms with Crippen LogP contribution in [0.4, 0.5) is 19.0 Å². The van der Waals surface area contributed by atoms with Gasteiger partial charge in [0.2, 0.25) is 0 Å². The predicted molar refractivity (Wildman–Crippen MR) is 91.4 cm³/mol. The SMILES string of the molecule is CC(C)CNc1nccc2nn(Cc3cccc(C(F)(F)F)c3)cc12. The number of hydrogen-bond acceptors (Lipinski definition) is 3. The standard InChI is InChI=1S/C18H19F3N4/c1-12(2)9-23-17-15-11-25(24-16(15)6-7-22-17)10-13-4-3-5-14(8-13)18(19,20)21/h3-8,11-12H,9-10H2,1-2H3,(H,22,23). The summed E-state index contributed by atoms with van der Waals surface area (Å²) in [6, 6.07) is 7.10. The molecule has 0 saturated heterocycles. The molecule has 25 heavy (non-hydrogen) atoms. The van der Waals surface area contributed by atoms with Crippen LogP contribution in [-0.4, -0.2) is 21.3 Å². The molecule has 7 heteroatoms. The van der Waals surface area contributed by atoms with Gasteiger partial charge >= 0.3 is 6.18 Å². The number of pyridine rings is 1. The van der Waals surface area contributed by atoms with Gasteiger partial charge in [0.05, 0.1) is 23.0 Å². The van der Waals surface area contributed by atoms with Crippen molar-refractivity contribution in [2.75, 3.05) is 11.9 Å². The van der Waals surface area contributed by atoms with Crippen molar-refractivity contribution in [2.24, 2.45) is 5.92 Å². The minimum Gasteiger partial charge on any atom is -0.369 e. The van der Waals surface area contributed by atoms with Gasteiger partial charge in [0.15, 0.2) is 0 Å². The first-order chi connectivity index (χ1) is 11.8. The van der Waals surface area contributed by atoms with E-state index in [4.69, 9.17) is 0 Å². The van der Waals surface area contributed by atoms with Crippen LogP contribution in [0.1, 0.15) is 25.0 Å². The largest absolute Gasteiger partial charge is 0.416 e. The second-order valence-corrected chi connectivity index (χ2v) is 6.39. The lowest BCUT2D eigenvalue weighted by molar-refractivity contribution is -0.137. The molecule has 3 rings (SSSR count). The highest BCUT2D eigenvalue weighted by Gasteiger charge is 2.30. The molecule has 0 spiro atoms. The van der Waals surface area contributed by atoms with Gasteiger partial charge in [0.1, 0.15) is 5.82 Å². The van der Waals surface area contributed by atoms with E-state index in [1.165, 1.54) is 6.07 Å². The van der Waals surface area contributed by atoms with Crippen LogP contribution >= 0.6 is 0 Å². The third kappa shape index (κ3) is 4.10. The number of halogens is 3. The van der Waals surface area contributed by atoms with Crippen LogP contribution < -0.4 is 5.32 Å². The number of nitrogens with one attached hydrogen (secondary N) is 1. The van der Waals surface area contributed by atoms with Crippen LogP contribution in [0.3, 0.4) is 0 Å². The Kier molecular flexibility index (Phi) is 4.65. The molecule has 0 atom stereocenters. The second-order valence-electron chi connectivity index (χ2n) is 6.39. The zero-order chi connectivity index (χ0) is 18.0. The normalized spacial score (nSPS) is 12.1. The molecule has 2 heterocycles. The number of benzene rings is 1.